The molecule has 1 amide bonds. The number of carbonyl (C=O) groups is 2. The van der Waals surface area contributed by atoms with Crippen LogP contribution in [0.15, 0.2) is 0 Å². The van der Waals surface area contributed by atoms with Crippen molar-refractivity contribution in [2.24, 2.45) is 5.41 Å². The molecule has 0 bridgehead atoms. The molecule has 96 valence electrons. The van der Waals surface area contributed by atoms with Crippen molar-refractivity contribution in [3.63, 3.8) is 0 Å². The average Bonchev–Trinajstić information content (AvgIpc) is 2.66. The highest BCUT2D eigenvalue weighted by Gasteiger charge is 2.51. The normalized spacial score (nSPS) is 28.2. The predicted octanol–water partition coefficient (Wildman–Crippen LogP) is 0.925. The summed E-state index contributed by atoms with van der Waals surface area (Å²) in [6.07, 6.45) is 3.69. The van der Waals surface area contributed by atoms with Crippen LogP contribution >= 0.6 is 0 Å². The van der Waals surface area contributed by atoms with Gasteiger partial charge in [0.1, 0.15) is 5.41 Å². The number of hydrogen-bond donors (Lipinski definition) is 2. The molecule has 1 heterocycles. The number of carboxylic acids is 1. The van der Waals surface area contributed by atoms with Gasteiger partial charge in [0.25, 0.3) is 0 Å². The minimum Gasteiger partial charge on any atom is -0.480 e. The smallest absolute Gasteiger partial charge is 0.319 e. The Labute approximate surface area is 101 Å². The standard InChI is InChI=1S/C12H19NO4/c1-8(9-4-2-7-17-9)13-10(14)12(11(15)16)5-3-6-12/h8-9H,2-7H2,1H3,(H,13,14)(H,15,16). The lowest BCUT2D eigenvalue weighted by Crippen LogP contribution is -2.54. The number of amides is 1. The van der Waals surface area contributed by atoms with Gasteiger partial charge >= 0.3 is 5.97 Å². The van der Waals surface area contributed by atoms with Crippen LogP contribution in [0.4, 0.5) is 0 Å². The minimum absolute atomic E-state index is 0.0323. The molecule has 17 heavy (non-hydrogen) atoms. The molecule has 0 aromatic rings. The summed E-state index contributed by atoms with van der Waals surface area (Å²) in [5.74, 6) is -1.35. The van der Waals surface area contributed by atoms with Crippen molar-refractivity contribution in [3.8, 4) is 0 Å². The second-order valence-corrected chi connectivity index (χ2v) is 5.05. The molecule has 0 spiro atoms. The van der Waals surface area contributed by atoms with Gasteiger partial charge in [-0.3, -0.25) is 9.59 Å². The van der Waals surface area contributed by atoms with Crippen molar-refractivity contribution < 1.29 is 19.4 Å². The van der Waals surface area contributed by atoms with E-state index in [1.54, 1.807) is 0 Å². The summed E-state index contributed by atoms with van der Waals surface area (Å²) in [5, 5.41) is 11.9. The van der Waals surface area contributed by atoms with Gasteiger partial charge in [0.15, 0.2) is 0 Å². The highest BCUT2D eigenvalue weighted by atomic mass is 16.5. The molecular weight excluding hydrogens is 222 g/mol. The lowest BCUT2D eigenvalue weighted by Gasteiger charge is -2.37. The van der Waals surface area contributed by atoms with E-state index < -0.39 is 11.4 Å². The number of ether oxygens (including phenoxy) is 1. The highest BCUT2D eigenvalue weighted by Crippen LogP contribution is 2.41. The zero-order valence-corrected chi connectivity index (χ0v) is 10.1. The van der Waals surface area contributed by atoms with Crippen molar-refractivity contribution in [2.45, 2.75) is 51.2 Å². The second-order valence-electron chi connectivity index (χ2n) is 5.05. The van der Waals surface area contributed by atoms with Crippen molar-refractivity contribution in [3.05, 3.63) is 0 Å². The van der Waals surface area contributed by atoms with Crippen LogP contribution in [0.5, 0.6) is 0 Å². The van der Waals surface area contributed by atoms with Crippen LogP contribution in [0.25, 0.3) is 0 Å². The van der Waals surface area contributed by atoms with E-state index >= 15 is 0 Å². The number of hydrogen-bond acceptors (Lipinski definition) is 3. The Morgan fingerprint density at radius 3 is 2.53 bits per heavy atom. The monoisotopic (exact) mass is 241 g/mol. The third-order valence-electron chi connectivity index (χ3n) is 3.93. The molecule has 5 heteroatoms. The largest absolute Gasteiger partial charge is 0.480 e. The molecule has 2 fully saturated rings. The van der Waals surface area contributed by atoms with Crippen LogP contribution in [-0.2, 0) is 14.3 Å². The van der Waals surface area contributed by atoms with Gasteiger partial charge in [-0.25, -0.2) is 0 Å². The second kappa shape index (κ2) is 4.64. The average molecular weight is 241 g/mol. The molecule has 2 N–H and O–H groups in total. The topological polar surface area (TPSA) is 75.6 Å². The van der Waals surface area contributed by atoms with E-state index in [1.165, 1.54) is 0 Å². The molecule has 0 aromatic heterocycles. The quantitative estimate of drug-likeness (QED) is 0.718. The fraction of sp³-hybridized carbons (Fsp3) is 0.833. The SMILES string of the molecule is CC(NC(=O)C1(C(=O)O)CCC1)C1CCCO1. The van der Waals surface area contributed by atoms with E-state index in [1.807, 2.05) is 6.92 Å². The summed E-state index contributed by atoms with van der Waals surface area (Å²) in [7, 11) is 0. The lowest BCUT2D eigenvalue weighted by molar-refractivity contribution is -0.162. The predicted molar refractivity (Wildman–Crippen MR) is 60.5 cm³/mol. The zero-order valence-electron chi connectivity index (χ0n) is 10.1. The molecule has 1 saturated heterocycles. The summed E-state index contributed by atoms with van der Waals surface area (Å²) < 4.78 is 5.48. The maximum atomic E-state index is 12.0. The summed E-state index contributed by atoms with van der Waals surface area (Å²) in [4.78, 5) is 23.2. The lowest BCUT2D eigenvalue weighted by atomic mass is 9.68. The first-order chi connectivity index (χ1) is 8.06. The molecule has 2 atom stereocenters. The van der Waals surface area contributed by atoms with Gasteiger partial charge in [-0.15, -0.1) is 0 Å². The van der Waals surface area contributed by atoms with Gasteiger partial charge in [0.2, 0.25) is 5.91 Å². The Bertz CT molecular complexity index is 318. The Morgan fingerprint density at radius 1 is 1.41 bits per heavy atom. The molecule has 2 unspecified atom stereocenters. The van der Waals surface area contributed by atoms with Crippen LogP contribution in [0.2, 0.25) is 0 Å². The van der Waals surface area contributed by atoms with Gasteiger partial charge in [0, 0.05) is 6.61 Å². The molecule has 1 aliphatic carbocycles. The van der Waals surface area contributed by atoms with Gasteiger partial charge < -0.3 is 15.2 Å². The van der Waals surface area contributed by atoms with Gasteiger partial charge in [-0.1, -0.05) is 6.42 Å². The maximum Gasteiger partial charge on any atom is 0.319 e. The van der Waals surface area contributed by atoms with Crippen molar-refractivity contribution in [2.75, 3.05) is 6.61 Å². The Balaban J connectivity index is 1.93. The molecule has 1 aliphatic heterocycles. The van der Waals surface area contributed by atoms with E-state index in [4.69, 9.17) is 9.84 Å². The van der Waals surface area contributed by atoms with Crippen molar-refractivity contribution in [1.82, 2.24) is 5.32 Å². The number of carbonyl (C=O) groups excluding carboxylic acids is 1. The Kier molecular flexibility index (Phi) is 3.38. The van der Waals surface area contributed by atoms with Crippen LogP contribution in [0, 0.1) is 5.41 Å². The first-order valence-corrected chi connectivity index (χ1v) is 6.22. The Hall–Kier alpha value is -1.10. The molecule has 5 nitrogen and oxygen atoms in total. The van der Waals surface area contributed by atoms with E-state index in [2.05, 4.69) is 5.32 Å². The van der Waals surface area contributed by atoms with E-state index in [0.717, 1.165) is 25.9 Å². The first-order valence-electron chi connectivity index (χ1n) is 6.22. The molecule has 2 rings (SSSR count). The summed E-state index contributed by atoms with van der Waals surface area (Å²) >= 11 is 0. The molecule has 0 radical (unpaired) electrons. The van der Waals surface area contributed by atoms with Crippen LogP contribution in [0.1, 0.15) is 39.0 Å². The van der Waals surface area contributed by atoms with Crippen LogP contribution < -0.4 is 5.32 Å². The third kappa shape index (κ3) is 2.16. The molecular formula is C12H19NO4. The molecule has 2 aliphatic rings. The highest BCUT2D eigenvalue weighted by molar-refractivity contribution is 6.02. The fourth-order valence-electron chi connectivity index (χ4n) is 2.50. The number of aliphatic carboxylic acids is 1. The molecule has 1 saturated carbocycles. The molecule has 0 aromatic carbocycles. The van der Waals surface area contributed by atoms with Crippen LogP contribution in [-0.4, -0.2) is 35.7 Å². The fourth-order valence-corrected chi connectivity index (χ4v) is 2.50. The van der Waals surface area contributed by atoms with Crippen molar-refractivity contribution in [1.29, 1.82) is 0 Å². The first kappa shape index (κ1) is 12.4. The van der Waals surface area contributed by atoms with E-state index in [0.29, 0.717) is 12.8 Å². The van der Waals surface area contributed by atoms with E-state index in [9.17, 15) is 9.59 Å². The van der Waals surface area contributed by atoms with Gasteiger partial charge in [-0.2, -0.15) is 0 Å². The summed E-state index contributed by atoms with van der Waals surface area (Å²) in [6.45, 7) is 2.61. The van der Waals surface area contributed by atoms with Gasteiger partial charge in [0.05, 0.1) is 12.1 Å². The van der Waals surface area contributed by atoms with Gasteiger partial charge in [-0.05, 0) is 32.6 Å². The number of rotatable bonds is 4. The van der Waals surface area contributed by atoms with E-state index in [-0.39, 0.29) is 18.1 Å². The zero-order chi connectivity index (χ0) is 12.5. The minimum atomic E-state index is -1.17. The number of nitrogens with one attached hydrogen (secondary N) is 1. The van der Waals surface area contributed by atoms with Crippen LogP contribution in [0.3, 0.4) is 0 Å². The number of carboxylic acid groups (broad SMARTS) is 1. The third-order valence-corrected chi connectivity index (χ3v) is 3.93. The maximum absolute atomic E-state index is 12.0. The summed E-state index contributed by atoms with van der Waals surface area (Å²) in [6, 6.07) is -0.109. The summed E-state index contributed by atoms with van der Waals surface area (Å²) in [5.41, 5.74) is -1.17. The van der Waals surface area contributed by atoms with Crippen molar-refractivity contribution >= 4 is 11.9 Å². The Morgan fingerprint density at radius 2 is 2.12 bits per heavy atom.